The van der Waals surface area contributed by atoms with Gasteiger partial charge in [-0.1, -0.05) is 18.2 Å². The van der Waals surface area contributed by atoms with Crippen LogP contribution in [0, 0.1) is 5.82 Å². The van der Waals surface area contributed by atoms with Crippen LogP contribution in [0.4, 0.5) is 10.1 Å². The summed E-state index contributed by atoms with van der Waals surface area (Å²) >= 11 is 0. The van der Waals surface area contributed by atoms with Crippen molar-refractivity contribution in [2.45, 2.75) is 32.9 Å². The molecule has 1 aliphatic rings. The Labute approximate surface area is 192 Å². The summed E-state index contributed by atoms with van der Waals surface area (Å²) in [5.41, 5.74) is 5.19. The van der Waals surface area contributed by atoms with Gasteiger partial charge in [-0.15, -0.1) is 0 Å². The van der Waals surface area contributed by atoms with E-state index in [4.69, 9.17) is 9.47 Å². The molecule has 0 saturated heterocycles. The maximum atomic E-state index is 13.6. The van der Waals surface area contributed by atoms with Crippen molar-refractivity contribution in [2.75, 3.05) is 12.4 Å². The Balaban J connectivity index is 1.82. The smallest absolute Gasteiger partial charge is 0.338 e. The first-order chi connectivity index (χ1) is 15.7. The third-order valence-corrected chi connectivity index (χ3v) is 5.62. The molecule has 6 heteroatoms. The summed E-state index contributed by atoms with van der Waals surface area (Å²) in [7, 11) is 1.54. The monoisotopic (exact) mass is 447 g/mol. The third kappa shape index (κ3) is 4.55. The first-order valence-electron chi connectivity index (χ1n) is 10.6. The molecule has 0 saturated carbocycles. The Hall–Kier alpha value is -3.80. The maximum absolute atomic E-state index is 13.6. The number of benzene rings is 3. The number of hydrogen-bond acceptors (Lipinski definition) is 5. The maximum Gasteiger partial charge on any atom is 0.338 e. The van der Waals surface area contributed by atoms with Gasteiger partial charge in [0, 0.05) is 28.4 Å². The van der Waals surface area contributed by atoms with Crippen molar-refractivity contribution in [3.05, 3.63) is 83.2 Å². The van der Waals surface area contributed by atoms with Gasteiger partial charge in [-0.3, -0.25) is 0 Å². The van der Waals surface area contributed by atoms with E-state index >= 15 is 0 Å². The van der Waals surface area contributed by atoms with Crippen molar-refractivity contribution in [1.29, 1.82) is 0 Å². The number of phenols is 1. The van der Waals surface area contributed by atoms with Crippen molar-refractivity contribution in [1.82, 2.24) is 0 Å². The van der Waals surface area contributed by atoms with Crippen LogP contribution < -0.4 is 10.1 Å². The number of phenolic OH excluding ortho intramolecular Hbond substituents is 1. The highest BCUT2D eigenvalue weighted by Crippen LogP contribution is 2.43. The lowest BCUT2D eigenvalue weighted by Crippen LogP contribution is -2.32. The van der Waals surface area contributed by atoms with Crippen LogP contribution in [0.5, 0.6) is 11.5 Å². The van der Waals surface area contributed by atoms with E-state index in [1.807, 2.05) is 19.1 Å². The fourth-order valence-corrected chi connectivity index (χ4v) is 4.34. The van der Waals surface area contributed by atoms with Gasteiger partial charge in [-0.2, -0.15) is 0 Å². The van der Waals surface area contributed by atoms with Crippen molar-refractivity contribution < 1.29 is 23.8 Å². The number of rotatable bonds is 5. The normalized spacial score (nSPS) is 14.0. The third-order valence-electron chi connectivity index (χ3n) is 5.62. The Morgan fingerprint density at radius 2 is 1.85 bits per heavy atom. The summed E-state index contributed by atoms with van der Waals surface area (Å²) in [5, 5.41) is 13.4. The minimum atomic E-state index is -0.610. The molecule has 0 atom stereocenters. The van der Waals surface area contributed by atoms with Crippen LogP contribution in [0.2, 0.25) is 0 Å². The van der Waals surface area contributed by atoms with Crippen LogP contribution in [0.15, 0.2) is 60.7 Å². The Kier molecular flexibility index (Phi) is 5.85. The van der Waals surface area contributed by atoms with E-state index in [2.05, 4.69) is 25.2 Å². The van der Waals surface area contributed by atoms with E-state index in [1.165, 1.54) is 25.3 Å². The van der Waals surface area contributed by atoms with Crippen molar-refractivity contribution in [3.8, 4) is 22.6 Å². The molecule has 170 valence electrons. The van der Waals surface area contributed by atoms with Gasteiger partial charge in [0.15, 0.2) is 0 Å². The summed E-state index contributed by atoms with van der Waals surface area (Å²) in [4.78, 5) is 12.7. The van der Waals surface area contributed by atoms with Crippen LogP contribution in [0.25, 0.3) is 16.7 Å². The molecule has 0 radical (unpaired) electrons. The van der Waals surface area contributed by atoms with Crippen molar-refractivity contribution >= 4 is 17.2 Å². The van der Waals surface area contributed by atoms with Crippen LogP contribution in [-0.4, -0.2) is 23.7 Å². The highest BCUT2D eigenvalue weighted by atomic mass is 19.1. The molecule has 0 amide bonds. The molecule has 1 aliphatic heterocycles. The van der Waals surface area contributed by atoms with Gasteiger partial charge >= 0.3 is 5.97 Å². The Bertz CT molecular complexity index is 1260. The molecule has 3 aromatic rings. The number of ether oxygens (including phenoxy) is 2. The minimum Gasteiger partial charge on any atom is -0.508 e. The summed E-state index contributed by atoms with van der Waals surface area (Å²) in [6, 6.07) is 14.3. The molecular formula is C27H26FNO4. The number of hydrogen-bond donors (Lipinski definition) is 2. The molecule has 5 nitrogen and oxygen atoms in total. The molecule has 4 rings (SSSR count). The summed E-state index contributed by atoms with van der Waals surface area (Å²) in [6.07, 6.45) is 2.13. The highest BCUT2D eigenvalue weighted by Gasteiger charge is 2.27. The van der Waals surface area contributed by atoms with Crippen LogP contribution in [0.1, 0.15) is 42.3 Å². The van der Waals surface area contributed by atoms with Crippen molar-refractivity contribution in [2.24, 2.45) is 0 Å². The number of anilines is 1. The molecule has 3 aromatic carbocycles. The number of esters is 1. The molecule has 0 aliphatic carbocycles. The van der Waals surface area contributed by atoms with Gasteiger partial charge in [-0.05, 0) is 68.3 Å². The highest BCUT2D eigenvalue weighted by molar-refractivity contribution is 5.91. The zero-order valence-corrected chi connectivity index (χ0v) is 19.0. The fraction of sp³-hybridized carbons (Fsp3) is 0.222. The first kappa shape index (κ1) is 22.4. The van der Waals surface area contributed by atoms with Gasteiger partial charge in [-0.25, -0.2) is 9.18 Å². The quantitative estimate of drug-likeness (QED) is 0.458. The van der Waals surface area contributed by atoms with E-state index in [-0.39, 0.29) is 23.5 Å². The zero-order chi connectivity index (χ0) is 23.8. The number of allylic oxidation sites excluding steroid dienone is 1. The predicted octanol–water partition coefficient (Wildman–Crippen LogP) is 6.17. The van der Waals surface area contributed by atoms with Gasteiger partial charge < -0.3 is 19.9 Å². The van der Waals surface area contributed by atoms with E-state index in [9.17, 15) is 14.3 Å². The molecule has 33 heavy (non-hydrogen) atoms. The molecule has 0 spiro atoms. The number of carbonyl (C=O) groups excluding carboxylic acids is 1. The largest absolute Gasteiger partial charge is 0.508 e. The lowest BCUT2D eigenvalue weighted by atomic mass is 9.85. The topological polar surface area (TPSA) is 67.8 Å². The fourth-order valence-electron chi connectivity index (χ4n) is 4.34. The SMILES string of the molecule is COc1cc(O)ccc1-c1ccc2c(c1COC(=O)c1cccc(F)c1)C(C)=CC(C)(C)N2. The predicted molar refractivity (Wildman–Crippen MR) is 127 cm³/mol. The zero-order valence-electron chi connectivity index (χ0n) is 19.0. The summed E-state index contributed by atoms with van der Waals surface area (Å²) < 4.78 is 24.7. The number of halogens is 1. The molecule has 0 bridgehead atoms. The molecule has 2 N–H and O–H groups in total. The molecule has 1 heterocycles. The van der Waals surface area contributed by atoms with Gasteiger partial charge in [0.1, 0.15) is 23.9 Å². The second-order valence-corrected chi connectivity index (χ2v) is 8.66. The number of carbonyl (C=O) groups is 1. The lowest BCUT2D eigenvalue weighted by molar-refractivity contribution is 0.0472. The number of aromatic hydroxyl groups is 1. The number of nitrogens with one attached hydrogen (secondary N) is 1. The van der Waals surface area contributed by atoms with Gasteiger partial charge in [0.05, 0.1) is 18.2 Å². The number of fused-ring (bicyclic) bond motifs is 1. The van der Waals surface area contributed by atoms with Crippen LogP contribution in [-0.2, 0) is 11.3 Å². The second kappa shape index (κ2) is 8.62. The average molecular weight is 448 g/mol. The van der Waals surface area contributed by atoms with E-state index < -0.39 is 11.8 Å². The van der Waals surface area contributed by atoms with E-state index in [0.29, 0.717) is 5.75 Å². The average Bonchev–Trinajstić information content (AvgIpc) is 2.76. The minimum absolute atomic E-state index is 0.0226. The van der Waals surface area contributed by atoms with E-state index in [0.717, 1.165) is 39.6 Å². The Morgan fingerprint density at radius 1 is 1.09 bits per heavy atom. The van der Waals surface area contributed by atoms with Crippen molar-refractivity contribution in [3.63, 3.8) is 0 Å². The van der Waals surface area contributed by atoms with Gasteiger partial charge in [0.25, 0.3) is 0 Å². The summed E-state index contributed by atoms with van der Waals surface area (Å²) in [5.74, 6) is -0.520. The molecule has 0 unspecified atom stereocenters. The first-order valence-corrected chi connectivity index (χ1v) is 10.6. The molecule has 0 aromatic heterocycles. The second-order valence-electron chi connectivity index (χ2n) is 8.66. The standard InChI is InChI=1S/C27H26FNO4/c1-16-14-27(2,3)29-23-11-10-20(21-9-8-19(30)13-24(21)32-4)22(25(16)23)15-33-26(31)17-6-5-7-18(28)12-17/h5-14,29-30H,15H2,1-4H3. The number of methoxy groups -OCH3 is 1. The van der Waals surface area contributed by atoms with Crippen LogP contribution >= 0.6 is 0 Å². The Morgan fingerprint density at radius 3 is 2.58 bits per heavy atom. The molecular weight excluding hydrogens is 421 g/mol. The van der Waals surface area contributed by atoms with E-state index in [1.54, 1.807) is 18.2 Å². The van der Waals surface area contributed by atoms with Crippen LogP contribution in [0.3, 0.4) is 0 Å². The summed E-state index contributed by atoms with van der Waals surface area (Å²) in [6.45, 7) is 6.17. The molecule has 0 fully saturated rings. The lowest BCUT2D eigenvalue weighted by Gasteiger charge is -2.33. The van der Waals surface area contributed by atoms with Gasteiger partial charge in [0.2, 0.25) is 0 Å².